The molecule has 0 bridgehead atoms. The van der Waals surface area contributed by atoms with Gasteiger partial charge < -0.3 is 31.0 Å². The predicted octanol–water partition coefficient (Wildman–Crippen LogP) is 1.25. The lowest BCUT2D eigenvalue weighted by Crippen LogP contribution is -2.40. The second kappa shape index (κ2) is 9.86. The molecule has 1 heterocycles. The molecule has 0 unspecified atom stereocenters. The van der Waals surface area contributed by atoms with Gasteiger partial charge in [-0.1, -0.05) is 11.6 Å². The van der Waals surface area contributed by atoms with Crippen molar-refractivity contribution in [3.8, 4) is 5.75 Å². The first-order valence-corrected chi connectivity index (χ1v) is 8.91. The summed E-state index contributed by atoms with van der Waals surface area (Å²) in [5, 5.41) is 12.8. The molecule has 1 fully saturated rings. The minimum absolute atomic E-state index is 0.152. The van der Waals surface area contributed by atoms with Gasteiger partial charge in [0.25, 0.3) is 5.91 Å². The maximum Gasteiger partial charge on any atom is 0.306 e. The van der Waals surface area contributed by atoms with Crippen LogP contribution in [-0.2, 0) is 9.63 Å². The smallest absolute Gasteiger partial charge is 0.306 e. The molecule has 0 aliphatic carbocycles. The van der Waals surface area contributed by atoms with Gasteiger partial charge in [0.2, 0.25) is 5.96 Å². The van der Waals surface area contributed by atoms with Crippen molar-refractivity contribution in [1.82, 2.24) is 4.90 Å². The SMILES string of the molecule is NC(N)=NOCCCOc1cc(Cl)cc(C(=O)N2CCC(C(=O)O)CC2)c1. The molecule has 0 aromatic heterocycles. The molecule has 148 valence electrons. The zero-order valence-electron chi connectivity index (χ0n) is 14.8. The molecule has 0 saturated carbocycles. The topological polar surface area (TPSA) is 140 Å². The molecule has 5 N–H and O–H groups in total. The zero-order valence-corrected chi connectivity index (χ0v) is 15.5. The van der Waals surface area contributed by atoms with Crippen LogP contribution in [-0.4, -0.2) is 54.1 Å². The van der Waals surface area contributed by atoms with Crippen molar-refractivity contribution in [1.29, 1.82) is 0 Å². The number of amides is 1. The molecule has 10 heteroatoms. The van der Waals surface area contributed by atoms with Crippen molar-refractivity contribution in [2.45, 2.75) is 19.3 Å². The van der Waals surface area contributed by atoms with Crippen LogP contribution in [0.25, 0.3) is 0 Å². The van der Waals surface area contributed by atoms with E-state index in [0.717, 1.165) is 0 Å². The number of carboxylic acid groups (broad SMARTS) is 1. The van der Waals surface area contributed by atoms with Gasteiger partial charge in [-0.3, -0.25) is 9.59 Å². The average molecular weight is 399 g/mol. The highest BCUT2D eigenvalue weighted by Crippen LogP contribution is 2.24. The first-order valence-electron chi connectivity index (χ1n) is 8.53. The fourth-order valence-corrected chi connectivity index (χ4v) is 2.94. The van der Waals surface area contributed by atoms with Crippen molar-refractivity contribution in [3.63, 3.8) is 0 Å². The van der Waals surface area contributed by atoms with E-state index in [1.165, 1.54) is 0 Å². The third-order valence-corrected chi connectivity index (χ3v) is 4.29. The number of benzene rings is 1. The number of likely N-dealkylation sites (tertiary alicyclic amines) is 1. The minimum atomic E-state index is -0.815. The standard InChI is InChI=1S/C17H23ClN4O5/c18-13-8-12(15(23)22-4-2-11(3-5-22)16(24)25)9-14(10-13)26-6-1-7-27-21-17(19)20/h8-11H,1-7H2,(H,24,25)(H4,19,20,21). The number of carbonyl (C=O) groups excluding carboxylic acids is 1. The molecule has 0 spiro atoms. The van der Waals surface area contributed by atoms with Gasteiger partial charge in [0, 0.05) is 30.1 Å². The lowest BCUT2D eigenvalue weighted by atomic mass is 9.96. The third-order valence-electron chi connectivity index (χ3n) is 4.07. The highest BCUT2D eigenvalue weighted by Gasteiger charge is 2.27. The monoisotopic (exact) mass is 398 g/mol. The van der Waals surface area contributed by atoms with Gasteiger partial charge in [0.05, 0.1) is 12.5 Å². The number of ether oxygens (including phenoxy) is 1. The Morgan fingerprint density at radius 3 is 2.56 bits per heavy atom. The van der Waals surface area contributed by atoms with Crippen LogP contribution in [0.2, 0.25) is 5.02 Å². The van der Waals surface area contributed by atoms with Crippen molar-refractivity contribution in [2.24, 2.45) is 22.5 Å². The Bertz CT molecular complexity index is 701. The fourth-order valence-electron chi connectivity index (χ4n) is 2.72. The van der Waals surface area contributed by atoms with E-state index in [-0.39, 0.29) is 18.5 Å². The number of halogens is 1. The summed E-state index contributed by atoms with van der Waals surface area (Å²) in [6, 6.07) is 4.81. The summed E-state index contributed by atoms with van der Waals surface area (Å²) in [5.41, 5.74) is 10.7. The van der Waals surface area contributed by atoms with Crippen molar-refractivity contribution in [2.75, 3.05) is 26.3 Å². The van der Waals surface area contributed by atoms with Crippen LogP contribution in [0.15, 0.2) is 23.4 Å². The molecule has 0 radical (unpaired) electrons. The molecule has 27 heavy (non-hydrogen) atoms. The van der Waals surface area contributed by atoms with Gasteiger partial charge in [-0.15, -0.1) is 0 Å². The van der Waals surface area contributed by atoms with Crippen LogP contribution < -0.4 is 16.2 Å². The molecule has 0 atom stereocenters. The number of hydrogen-bond acceptors (Lipinski definition) is 5. The summed E-state index contributed by atoms with van der Waals surface area (Å²) in [6.45, 7) is 1.42. The van der Waals surface area contributed by atoms with Crippen LogP contribution in [0, 0.1) is 5.92 Å². The van der Waals surface area contributed by atoms with Gasteiger partial charge in [-0.25, -0.2) is 0 Å². The van der Waals surface area contributed by atoms with Crippen LogP contribution in [0.5, 0.6) is 5.75 Å². The largest absolute Gasteiger partial charge is 0.493 e. The Hall–Kier alpha value is -2.68. The Labute approximate surface area is 161 Å². The number of rotatable bonds is 8. The highest BCUT2D eigenvalue weighted by atomic mass is 35.5. The average Bonchev–Trinajstić information content (AvgIpc) is 2.63. The first kappa shape index (κ1) is 20.6. The van der Waals surface area contributed by atoms with Gasteiger partial charge >= 0.3 is 5.97 Å². The number of hydrogen-bond donors (Lipinski definition) is 3. The number of carbonyl (C=O) groups is 2. The molecule has 1 aliphatic heterocycles. The summed E-state index contributed by atoms with van der Waals surface area (Å²) in [4.78, 5) is 30.2. The molecule has 1 amide bonds. The molecular weight excluding hydrogens is 376 g/mol. The van der Waals surface area contributed by atoms with E-state index in [1.54, 1.807) is 23.1 Å². The van der Waals surface area contributed by atoms with Crippen LogP contribution >= 0.6 is 11.6 Å². The van der Waals surface area contributed by atoms with E-state index >= 15 is 0 Å². The van der Waals surface area contributed by atoms with E-state index in [9.17, 15) is 9.59 Å². The molecule has 1 aromatic rings. The predicted molar refractivity (Wildman–Crippen MR) is 99.6 cm³/mol. The van der Waals surface area contributed by atoms with Crippen molar-refractivity contribution < 1.29 is 24.3 Å². The Morgan fingerprint density at radius 2 is 1.93 bits per heavy atom. The lowest BCUT2D eigenvalue weighted by molar-refractivity contribution is -0.143. The Kier molecular flexibility index (Phi) is 7.54. The zero-order chi connectivity index (χ0) is 19.8. The van der Waals surface area contributed by atoms with Gasteiger partial charge in [-0.05, 0) is 36.2 Å². The van der Waals surface area contributed by atoms with E-state index < -0.39 is 11.9 Å². The minimum Gasteiger partial charge on any atom is -0.493 e. The summed E-state index contributed by atoms with van der Waals surface area (Å²) in [7, 11) is 0. The van der Waals surface area contributed by atoms with E-state index in [2.05, 4.69) is 5.16 Å². The Morgan fingerprint density at radius 1 is 1.22 bits per heavy atom. The van der Waals surface area contributed by atoms with Gasteiger partial charge in [0.15, 0.2) is 0 Å². The number of guanidine groups is 1. The van der Waals surface area contributed by atoms with E-state index in [0.29, 0.717) is 55.3 Å². The fraction of sp³-hybridized carbons (Fsp3) is 0.471. The summed E-state index contributed by atoms with van der Waals surface area (Å²) in [6.07, 6.45) is 1.43. The summed E-state index contributed by atoms with van der Waals surface area (Å²) in [5.74, 6) is -1.09. The number of aliphatic carboxylic acids is 1. The normalized spacial score (nSPS) is 14.5. The second-order valence-corrected chi connectivity index (χ2v) is 6.57. The van der Waals surface area contributed by atoms with Gasteiger partial charge in [-0.2, -0.15) is 0 Å². The molecule has 1 aliphatic rings. The number of nitrogens with zero attached hydrogens (tertiary/aromatic N) is 2. The third kappa shape index (κ3) is 6.52. The van der Waals surface area contributed by atoms with Crippen molar-refractivity contribution >= 4 is 29.4 Å². The summed E-state index contributed by atoms with van der Waals surface area (Å²) >= 11 is 6.10. The highest BCUT2D eigenvalue weighted by molar-refractivity contribution is 6.31. The van der Waals surface area contributed by atoms with E-state index in [4.69, 9.17) is 37.7 Å². The second-order valence-electron chi connectivity index (χ2n) is 6.13. The molecule has 2 rings (SSSR count). The summed E-state index contributed by atoms with van der Waals surface area (Å²) < 4.78 is 5.60. The van der Waals surface area contributed by atoms with E-state index in [1.807, 2.05) is 0 Å². The number of nitrogens with two attached hydrogens (primary N) is 2. The number of oxime groups is 1. The Balaban J connectivity index is 1.89. The molecular formula is C17H23ClN4O5. The van der Waals surface area contributed by atoms with Gasteiger partial charge in [0.1, 0.15) is 12.4 Å². The quantitative estimate of drug-likeness (QED) is 0.259. The van der Waals surface area contributed by atoms with Crippen LogP contribution in [0.3, 0.4) is 0 Å². The first-order chi connectivity index (χ1) is 12.9. The van der Waals surface area contributed by atoms with Crippen LogP contribution in [0.4, 0.5) is 0 Å². The molecule has 1 aromatic carbocycles. The van der Waals surface area contributed by atoms with Crippen molar-refractivity contribution in [3.05, 3.63) is 28.8 Å². The molecule has 1 saturated heterocycles. The number of piperidine rings is 1. The van der Waals surface area contributed by atoms with Crippen LogP contribution in [0.1, 0.15) is 29.6 Å². The lowest BCUT2D eigenvalue weighted by Gasteiger charge is -2.30. The molecule has 9 nitrogen and oxygen atoms in total. The maximum atomic E-state index is 12.7. The number of carboxylic acids is 1. The maximum absolute atomic E-state index is 12.7.